The number of carbonyl (C=O) groups excluding carboxylic acids is 1. The van der Waals surface area contributed by atoms with E-state index in [0.29, 0.717) is 6.04 Å². The standard InChI is InChI=1S/C15H22N2OS.ClH/c1-12-11-13(7-8-16-12)15(18)17-9-10-19-14-5-3-2-4-6-14;/h2-6,12-13,16H,7-11H2,1H3,(H,17,18);1H/t12-,13-;/m0./s1. The molecule has 0 radical (unpaired) electrons. The number of piperidine rings is 1. The predicted octanol–water partition coefficient (Wildman–Crippen LogP) is 2.70. The second-order valence-corrected chi connectivity index (χ2v) is 6.20. The van der Waals surface area contributed by atoms with Crippen molar-refractivity contribution >= 4 is 30.1 Å². The van der Waals surface area contributed by atoms with Crippen LogP contribution in [0.25, 0.3) is 0 Å². The Bertz CT molecular complexity index is 402. The zero-order chi connectivity index (χ0) is 13.5. The van der Waals surface area contributed by atoms with Gasteiger partial charge >= 0.3 is 0 Å². The molecule has 5 heteroatoms. The summed E-state index contributed by atoms with van der Waals surface area (Å²) in [5.41, 5.74) is 0. The fourth-order valence-corrected chi connectivity index (χ4v) is 3.16. The SMILES string of the molecule is C[C@H]1C[C@@H](C(=O)NCCSc2ccccc2)CCN1.Cl. The number of hydrogen-bond donors (Lipinski definition) is 2. The van der Waals surface area contributed by atoms with Crippen molar-refractivity contribution in [2.75, 3.05) is 18.8 Å². The van der Waals surface area contributed by atoms with Crippen molar-refractivity contribution in [1.29, 1.82) is 0 Å². The van der Waals surface area contributed by atoms with E-state index in [1.165, 1.54) is 4.90 Å². The molecule has 20 heavy (non-hydrogen) atoms. The van der Waals surface area contributed by atoms with E-state index in [-0.39, 0.29) is 24.2 Å². The average molecular weight is 315 g/mol. The smallest absolute Gasteiger partial charge is 0.223 e. The summed E-state index contributed by atoms with van der Waals surface area (Å²) >= 11 is 1.78. The van der Waals surface area contributed by atoms with Crippen LogP contribution < -0.4 is 10.6 Å². The van der Waals surface area contributed by atoms with Crippen LogP contribution in [0.3, 0.4) is 0 Å². The molecule has 0 bridgehead atoms. The summed E-state index contributed by atoms with van der Waals surface area (Å²) in [5, 5.41) is 6.43. The Morgan fingerprint density at radius 1 is 1.40 bits per heavy atom. The van der Waals surface area contributed by atoms with Crippen molar-refractivity contribution in [2.45, 2.75) is 30.7 Å². The van der Waals surface area contributed by atoms with E-state index in [2.05, 4.69) is 29.7 Å². The minimum absolute atomic E-state index is 0. The number of carbonyl (C=O) groups is 1. The summed E-state index contributed by atoms with van der Waals surface area (Å²) < 4.78 is 0. The van der Waals surface area contributed by atoms with Gasteiger partial charge in [0.25, 0.3) is 0 Å². The first-order chi connectivity index (χ1) is 9.25. The topological polar surface area (TPSA) is 41.1 Å². The molecule has 1 fully saturated rings. The van der Waals surface area contributed by atoms with E-state index in [9.17, 15) is 4.79 Å². The quantitative estimate of drug-likeness (QED) is 0.648. The summed E-state index contributed by atoms with van der Waals surface area (Å²) in [7, 11) is 0. The van der Waals surface area contributed by atoms with Crippen LogP contribution in [0.5, 0.6) is 0 Å². The minimum Gasteiger partial charge on any atom is -0.355 e. The van der Waals surface area contributed by atoms with Gasteiger partial charge in [0, 0.05) is 29.2 Å². The molecular formula is C15H23ClN2OS. The van der Waals surface area contributed by atoms with Crippen LogP contribution in [0.4, 0.5) is 0 Å². The molecule has 2 rings (SSSR count). The van der Waals surface area contributed by atoms with Crippen LogP contribution in [0.15, 0.2) is 35.2 Å². The molecule has 0 aliphatic carbocycles. The summed E-state index contributed by atoms with van der Waals surface area (Å²) in [6.45, 7) is 3.85. The molecule has 2 atom stereocenters. The third-order valence-corrected chi connectivity index (χ3v) is 4.42. The van der Waals surface area contributed by atoms with Crippen molar-refractivity contribution in [3.63, 3.8) is 0 Å². The van der Waals surface area contributed by atoms with Crippen molar-refractivity contribution in [3.05, 3.63) is 30.3 Å². The molecule has 112 valence electrons. The van der Waals surface area contributed by atoms with E-state index in [0.717, 1.165) is 31.7 Å². The Morgan fingerprint density at radius 2 is 2.15 bits per heavy atom. The van der Waals surface area contributed by atoms with Gasteiger partial charge in [-0.2, -0.15) is 0 Å². The van der Waals surface area contributed by atoms with Gasteiger partial charge in [-0.05, 0) is 38.4 Å². The van der Waals surface area contributed by atoms with Crippen molar-refractivity contribution in [3.8, 4) is 0 Å². The zero-order valence-corrected chi connectivity index (χ0v) is 13.4. The van der Waals surface area contributed by atoms with Gasteiger partial charge in [-0.3, -0.25) is 4.79 Å². The molecule has 1 aromatic rings. The number of thioether (sulfide) groups is 1. The van der Waals surface area contributed by atoms with E-state index < -0.39 is 0 Å². The Balaban J connectivity index is 0.00000200. The van der Waals surface area contributed by atoms with Crippen molar-refractivity contribution in [2.24, 2.45) is 5.92 Å². The first-order valence-electron chi connectivity index (χ1n) is 6.94. The van der Waals surface area contributed by atoms with Gasteiger partial charge in [0.05, 0.1) is 0 Å². The molecule has 1 saturated heterocycles. The number of amides is 1. The summed E-state index contributed by atoms with van der Waals surface area (Å²) in [5.74, 6) is 1.34. The maximum absolute atomic E-state index is 12.0. The average Bonchev–Trinajstić information content (AvgIpc) is 2.44. The van der Waals surface area contributed by atoms with Gasteiger partial charge in [0.1, 0.15) is 0 Å². The molecule has 0 saturated carbocycles. The molecule has 1 aliphatic heterocycles. The minimum atomic E-state index is 0. The highest BCUT2D eigenvalue weighted by Gasteiger charge is 2.24. The van der Waals surface area contributed by atoms with Crippen LogP contribution in [0.1, 0.15) is 19.8 Å². The van der Waals surface area contributed by atoms with Crippen LogP contribution in [-0.2, 0) is 4.79 Å². The van der Waals surface area contributed by atoms with E-state index in [1.807, 2.05) is 18.2 Å². The van der Waals surface area contributed by atoms with E-state index in [1.54, 1.807) is 11.8 Å². The van der Waals surface area contributed by atoms with Crippen LogP contribution in [0, 0.1) is 5.92 Å². The first-order valence-corrected chi connectivity index (χ1v) is 7.93. The van der Waals surface area contributed by atoms with Gasteiger partial charge in [0.15, 0.2) is 0 Å². The molecular weight excluding hydrogens is 292 g/mol. The molecule has 1 aliphatic rings. The second-order valence-electron chi connectivity index (χ2n) is 5.03. The summed E-state index contributed by atoms with van der Waals surface area (Å²) in [4.78, 5) is 13.3. The fraction of sp³-hybridized carbons (Fsp3) is 0.533. The number of rotatable bonds is 5. The van der Waals surface area contributed by atoms with Gasteiger partial charge in [0.2, 0.25) is 5.91 Å². The molecule has 0 unspecified atom stereocenters. The summed E-state index contributed by atoms with van der Waals surface area (Å²) in [6.07, 6.45) is 1.92. The van der Waals surface area contributed by atoms with Gasteiger partial charge in [-0.15, -0.1) is 24.2 Å². The number of halogens is 1. The first kappa shape index (κ1) is 17.3. The Labute approximate surface area is 131 Å². The zero-order valence-electron chi connectivity index (χ0n) is 11.8. The monoisotopic (exact) mass is 314 g/mol. The van der Waals surface area contributed by atoms with Crippen LogP contribution in [-0.4, -0.2) is 30.8 Å². The van der Waals surface area contributed by atoms with Gasteiger partial charge < -0.3 is 10.6 Å². The molecule has 2 N–H and O–H groups in total. The lowest BCUT2D eigenvalue weighted by Crippen LogP contribution is -2.42. The number of nitrogens with one attached hydrogen (secondary N) is 2. The Kier molecular flexibility index (Phi) is 8.04. The number of benzene rings is 1. The molecule has 1 aromatic carbocycles. The lowest BCUT2D eigenvalue weighted by Gasteiger charge is -2.27. The van der Waals surface area contributed by atoms with Crippen molar-refractivity contribution in [1.82, 2.24) is 10.6 Å². The lowest BCUT2D eigenvalue weighted by atomic mass is 9.92. The molecule has 0 aromatic heterocycles. The normalized spacial score (nSPS) is 21.9. The van der Waals surface area contributed by atoms with Gasteiger partial charge in [-0.1, -0.05) is 18.2 Å². The molecule has 1 amide bonds. The van der Waals surface area contributed by atoms with E-state index in [4.69, 9.17) is 0 Å². The van der Waals surface area contributed by atoms with Crippen LogP contribution in [0.2, 0.25) is 0 Å². The molecule has 1 heterocycles. The van der Waals surface area contributed by atoms with Crippen LogP contribution >= 0.6 is 24.2 Å². The molecule has 3 nitrogen and oxygen atoms in total. The Hall–Kier alpha value is -0.710. The maximum atomic E-state index is 12.0. The highest BCUT2D eigenvalue weighted by atomic mass is 35.5. The summed E-state index contributed by atoms with van der Waals surface area (Å²) in [6, 6.07) is 10.8. The lowest BCUT2D eigenvalue weighted by molar-refractivity contribution is -0.125. The highest BCUT2D eigenvalue weighted by Crippen LogP contribution is 2.17. The fourth-order valence-electron chi connectivity index (χ4n) is 2.37. The van der Waals surface area contributed by atoms with E-state index >= 15 is 0 Å². The number of hydrogen-bond acceptors (Lipinski definition) is 3. The van der Waals surface area contributed by atoms with Crippen molar-refractivity contribution < 1.29 is 4.79 Å². The van der Waals surface area contributed by atoms with Gasteiger partial charge in [-0.25, -0.2) is 0 Å². The largest absolute Gasteiger partial charge is 0.355 e. The highest BCUT2D eigenvalue weighted by molar-refractivity contribution is 7.99. The third kappa shape index (κ3) is 5.73. The maximum Gasteiger partial charge on any atom is 0.223 e. The third-order valence-electron chi connectivity index (χ3n) is 3.41. The Morgan fingerprint density at radius 3 is 2.85 bits per heavy atom. The second kappa shape index (κ2) is 9.27. The molecule has 0 spiro atoms. The predicted molar refractivity (Wildman–Crippen MR) is 87.6 cm³/mol.